The van der Waals surface area contributed by atoms with Crippen LogP contribution in [0.4, 0.5) is 0 Å². The van der Waals surface area contributed by atoms with Crippen molar-refractivity contribution in [1.29, 1.82) is 0 Å². The quantitative estimate of drug-likeness (QED) is 0.816. The Morgan fingerprint density at radius 2 is 2.11 bits per heavy atom. The van der Waals surface area contributed by atoms with E-state index in [0.29, 0.717) is 23.2 Å². The van der Waals surface area contributed by atoms with Crippen LogP contribution in [0.1, 0.15) is 47.4 Å². The van der Waals surface area contributed by atoms with Crippen LogP contribution in [0, 0.1) is 12.3 Å². The molecule has 8 nitrogen and oxygen atoms in total. The number of aryl methyl sites for hydroxylation is 1. The van der Waals surface area contributed by atoms with Gasteiger partial charge >= 0.3 is 0 Å². The van der Waals surface area contributed by atoms with E-state index in [0.717, 1.165) is 38.9 Å². The summed E-state index contributed by atoms with van der Waals surface area (Å²) in [5, 5.41) is 3.93. The zero-order valence-electron chi connectivity index (χ0n) is 16.0. The maximum atomic E-state index is 12.8. The lowest BCUT2D eigenvalue weighted by Gasteiger charge is -2.39. The normalized spacial score (nSPS) is 22.3. The number of aromatic nitrogens is 3. The molecule has 0 aliphatic carbocycles. The first-order chi connectivity index (χ1) is 13.0. The molecule has 4 rings (SSSR count). The third-order valence-corrected chi connectivity index (χ3v) is 5.88. The van der Waals surface area contributed by atoms with Crippen molar-refractivity contribution in [3.63, 3.8) is 0 Å². The number of amides is 1. The molecule has 2 aliphatic heterocycles. The van der Waals surface area contributed by atoms with Gasteiger partial charge in [-0.05, 0) is 44.7 Å². The molecule has 2 saturated heterocycles. The fourth-order valence-electron chi connectivity index (χ4n) is 4.35. The van der Waals surface area contributed by atoms with Gasteiger partial charge < -0.3 is 14.2 Å². The van der Waals surface area contributed by atoms with Crippen molar-refractivity contribution in [3.05, 3.63) is 35.6 Å². The van der Waals surface area contributed by atoms with E-state index in [1.807, 2.05) is 11.8 Å². The van der Waals surface area contributed by atoms with Crippen LogP contribution in [0.15, 0.2) is 22.9 Å². The second-order valence-corrected chi connectivity index (χ2v) is 7.70. The van der Waals surface area contributed by atoms with Gasteiger partial charge in [0.05, 0.1) is 18.7 Å². The molecule has 0 aromatic carbocycles. The van der Waals surface area contributed by atoms with Crippen LogP contribution in [0.25, 0.3) is 0 Å². The summed E-state index contributed by atoms with van der Waals surface area (Å²) in [6.07, 6.45) is 4.55. The van der Waals surface area contributed by atoms with E-state index < -0.39 is 0 Å². The number of carbonyl (C=O) groups is 1. The Bertz CT molecular complexity index is 811. The van der Waals surface area contributed by atoms with E-state index in [9.17, 15) is 4.79 Å². The number of likely N-dealkylation sites (tertiary alicyclic amines) is 2. The van der Waals surface area contributed by atoms with Crippen molar-refractivity contribution in [2.45, 2.75) is 32.2 Å². The van der Waals surface area contributed by atoms with Crippen molar-refractivity contribution < 1.29 is 14.1 Å². The van der Waals surface area contributed by atoms with Crippen molar-refractivity contribution in [2.75, 3.05) is 33.8 Å². The smallest absolute Gasteiger partial charge is 0.255 e. The van der Waals surface area contributed by atoms with Crippen LogP contribution in [-0.2, 0) is 0 Å². The zero-order chi connectivity index (χ0) is 19.0. The molecule has 2 aromatic rings. The molecule has 4 heterocycles. The first-order valence-corrected chi connectivity index (χ1v) is 9.29. The fourth-order valence-corrected chi connectivity index (χ4v) is 4.35. The summed E-state index contributed by atoms with van der Waals surface area (Å²) < 4.78 is 10.5. The van der Waals surface area contributed by atoms with Gasteiger partial charge in [-0.15, -0.1) is 0 Å². The number of hydrogen-bond acceptors (Lipinski definition) is 7. The minimum Gasteiger partial charge on any atom is -0.481 e. The van der Waals surface area contributed by atoms with Crippen LogP contribution < -0.4 is 4.74 Å². The maximum absolute atomic E-state index is 12.8. The first kappa shape index (κ1) is 17.9. The topological polar surface area (TPSA) is 84.6 Å². The molecule has 0 bridgehead atoms. The average Bonchev–Trinajstić information content (AvgIpc) is 3.25. The van der Waals surface area contributed by atoms with Gasteiger partial charge in [-0.3, -0.25) is 9.69 Å². The highest BCUT2D eigenvalue weighted by Gasteiger charge is 2.47. The molecule has 1 amide bonds. The van der Waals surface area contributed by atoms with E-state index in [2.05, 4.69) is 27.1 Å². The lowest BCUT2D eigenvalue weighted by molar-refractivity contribution is 0.0592. The number of ether oxygens (including phenoxy) is 1. The third-order valence-electron chi connectivity index (χ3n) is 5.88. The number of pyridine rings is 1. The summed E-state index contributed by atoms with van der Waals surface area (Å²) in [6.45, 7) is 4.35. The van der Waals surface area contributed by atoms with E-state index >= 15 is 0 Å². The molecule has 2 aliphatic rings. The SMILES string of the molecule is COc1ccc(C(=O)N2CCC3(CC2)CC(c2nc(C)no2)N(C)C3)cn1. The van der Waals surface area contributed by atoms with Crippen molar-refractivity contribution in [3.8, 4) is 5.88 Å². The van der Waals surface area contributed by atoms with E-state index in [1.54, 1.807) is 25.4 Å². The lowest BCUT2D eigenvalue weighted by atomic mass is 9.76. The molecule has 144 valence electrons. The molecule has 1 atom stereocenters. The highest BCUT2D eigenvalue weighted by molar-refractivity contribution is 5.94. The summed E-state index contributed by atoms with van der Waals surface area (Å²) in [6, 6.07) is 3.66. The molecule has 2 aromatic heterocycles. The van der Waals surface area contributed by atoms with E-state index in [1.165, 1.54) is 0 Å². The Kier molecular flexibility index (Phi) is 4.59. The van der Waals surface area contributed by atoms with Crippen LogP contribution in [0.2, 0.25) is 0 Å². The predicted molar refractivity (Wildman–Crippen MR) is 97.4 cm³/mol. The van der Waals surface area contributed by atoms with Gasteiger partial charge in [-0.2, -0.15) is 4.98 Å². The van der Waals surface area contributed by atoms with Gasteiger partial charge in [0.1, 0.15) is 0 Å². The average molecular weight is 371 g/mol. The van der Waals surface area contributed by atoms with Gasteiger partial charge in [0, 0.05) is 31.9 Å². The summed E-state index contributed by atoms with van der Waals surface area (Å²) in [5.74, 6) is 1.93. The van der Waals surface area contributed by atoms with Gasteiger partial charge in [0.2, 0.25) is 11.8 Å². The molecule has 8 heteroatoms. The molecular formula is C19H25N5O3. The number of carbonyl (C=O) groups excluding carboxylic acids is 1. The number of hydrogen-bond donors (Lipinski definition) is 0. The molecular weight excluding hydrogens is 346 g/mol. The molecule has 0 radical (unpaired) electrons. The van der Waals surface area contributed by atoms with Crippen molar-refractivity contribution in [1.82, 2.24) is 24.9 Å². The molecule has 2 fully saturated rings. The Morgan fingerprint density at radius 3 is 2.70 bits per heavy atom. The highest BCUT2D eigenvalue weighted by atomic mass is 16.5. The summed E-state index contributed by atoms with van der Waals surface area (Å²) in [7, 11) is 3.68. The van der Waals surface area contributed by atoms with Crippen LogP contribution in [0.3, 0.4) is 0 Å². The highest BCUT2D eigenvalue weighted by Crippen LogP contribution is 2.48. The van der Waals surface area contributed by atoms with E-state index in [4.69, 9.17) is 9.26 Å². The Labute approximate surface area is 158 Å². The number of piperidine rings is 1. The second-order valence-electron chi connectivity index (χ2n) is 7.70. The van der Waals surface area contributed by atoms with Gasteiger partial charge in [-0.1, -0.05) is 5.16 Å². The monoisotopic (exact) mass is 371 g/mol. The Morgan fingerprint density at radius 1 is 1.33 bits per heavy atom. The summed E-state index contributed by atoms with van der Waals surface area (Å²) in [5.41, 5.74) is 0.811. The minimum absolute atomic E-state index is 0.0374. The Hall–Kier alpha value is -2.48. The largest absolute Gasteiger partial charge is 0.481 e. The number of nitrogens with zero attached hydrogens (tertiary/aromatic N) is 5. The van der Waals surface area contributed by atoms with Crippen molar-refractivity contribution in [2.24, 2.45) is 5.41 Å². The maximum Gasteiger partial charge on any atom is 0.255 e. The van der Waals surface area contributed by atoms with Gasteiger partial charge in [-0.25, -0.2) is 4.98 Å². The Balaban J connectivity index is 1.40. The number of rotatable bonds is 3. The first-order valence-electron chi connectivity index (χ1n) is 9.29. The standard InChI is InChI=1S/C19H25N5O3/c1-13-21-17(27-22-13)15-10-19(12-23(15)2)6-8-24(9-7-19)18(25)14-4-5-16(26-3)20-11-14/h4-5,11,15H,6-10,12H2,1-3H3. The van der Waals surface area contributed by atoms with Crippen LogP contribution >= 0.6 is 0 Å². The zero-order valence-corrected chi connectivity index (χ0v) is 16.0. The summed E-state index contributed by atoms with van der Waals surface area (Å²) in [4.78, 5) is 25.5. The second kappa shape index (κ2) is 6.92. The van der Waals surface area contributed by atoms with Crippen LogP contribution in [-0.4, -0.2) is 64.6 Å². The lowest BCUT2D eigenvalue weighted by Crippen LogP contribution is -2.44. The minimum atomic E-state index is 0.0374. The molecule has 0 saturated carbocycles. The van der Waals surface area contributed by atoms with Gasteiger partial charge in [0.15, 0.2) is 5.82 Å². The summed E-state index contributed by atoms with van der Waals surface area (Å²) >= 11 is 0. The molecule has 1 unspecified atom stereocenters. The molecule has 1 spiro atoms. The fraction of sp³-hybridized carbons (Fsp3) is 0.579. The van der Waals surface area contributed by atoms with Gasteiger partial charge in [0.25, 0.3) is 5.91 Å². The van der Waals surface area contributed by atoms with Crippen molar-refractivity contribution >= 4 is 5.91 Å². The third kappa shape index (κ3) is 3.41. The molecule has 27 heavy (non-hydrogen) atoms. The molecule has 0 N–H and O–H groups in total. The number of methoxy groups -OCH3 is 1. The van der Waals surface area contributed by atoms with Crippen LogP contribution in [0.5, 0.6) is 5.88 Å². The van der Waals surface area contributed by atoms with E-state index in [-0.39, 0.29) is 17.4 Å². The predicted octanol–water partition coefficient (Wildman–Crippen LogP) is 2.08.